The van der Waals surface area contributed by atoms with E-state index in [2.05, 4.69) is 62.8 Å². The third-order valence-electron chi connectivity index (χ3n) is 10.6. The zero-order chi connectivity index (χ0) is 42.9. The van der Waals surface area contributed by atoms with Crippen molar-refractivity contribution in [2.24, 2.45) is 0 Å². The summed E-state index contributed by atoms with van der Waals surface area (Å²) in [6.45, 7) is 15.9. The highest BCUT2D eigenvalue weighted by Crippen LogP contribution is 2.48. The molecule has 0 aliphatic carbocycles. The summed E-state index contributed by atoms with van der Waals surface area (Å²) >= 11 is 0. The van der Waals surface area contributed by atoms with E-state index in [0.29, 0.717) is 11.3 Å². The van der Waals surface area contributed by atoms with Crippen LogP contribution in [-0.4, -0.2) is 87.4 Å². The molecule has 6 aromatic rings. The Hall–Kier alpha value is -5.65. The van der Waals surface area contributed by atoms with E-state index in [1.54, 1.807) is 31.4 Å². The average Bonchev–Trinajstić information content (AvgIpc) is 3.85. The van der Waals surface area contributed by atoms with Gasteiger partial charge in [0.25, 0.3) is 14.4 Å². The number of benzene rings is 4. The number of anilines is 1. The second kappa shape index (κ2) is 19.8. The predicted octanol–water partition coefficient (Wildman–Crippen LogP) is 8.57. The van der Waals surface area contributed by atoms with Crippen molar-refractivity contribution < 1.29 is 27.7 Å². The molecule has 0 bridgehead atoms. The average molecular weight is 845 g/mol. The van der Waals surface area contributed by atoms with Crippen molar-refractivity contribution in [1.29, 1.82) is 0 Å². The van der Waals surface area contributed by atoms with Crippen LogP contribution in [0.1, 0.15) is 61.0 Å². The number of aromatic nitrogens is 4. The Labute approximate surface area is 357 Å². The standard InChI is InChI=1S/C46H50FN8O5P/c1-31(2)55(32(3)4)61(58-27-26-48-5)59-28-38-40(53-46(34-18-12-8-13-19-34,35-20-14-9-15-21-35)36-22-24-37(57-6)25-23-36)39(47)45(60-38)54-30-51-41-42(49-29-50-43(41)54)52-44(56)33-16-10-7-11-17-33/h7-25,29-32,38-40,45,53H,26-28H2,1-4,6H3,(H,49,50,52,56)/t38-,39-,40-,45-,61?/m1/s1. The van der Waals surface area contributed by atoms with Crippen molar-refractivity contribution in [3.8, 4) is 5.75 Å². The molecule has 5 atom stereocenters. The summed E-state index contributed by atoms with van der Waals surface area (Å²) in [4.78, 5) is 30.0. The number of imidazole rings is 1. The van der Waals surface area contributed by atoms with Crippen LogP contribution in [0.25, 0.3) is 16.0 Å². The van der Waals surface area contributed by atoms with E-state index in [4.69, 9.17) is 25.1 Å². The first-order valence-electron chi connectivity index (χ1n) is 20.2. The fourth-order valence-electron chi connectivity index (χ4n) is 7.82. The molecule has 7 rings (SSSR count). The van der Waals surface area contributed by atoms with Crippen LogP contribution in [-0.2, 0) is 19.3 Å². The van der Waals surface area contributed by atoms with Crippen LogP contribution in [0, 0.1) is 6.57 Å². The molecule has 0 radical (unpaired) electrons. The maximum absolute atomic E-state index is 18.0. The lowest BCUT2D eigenvalue weighted by Crippen LogP contribution is -2.56. The van der Waals surface area contributed by atoms with Crippen molar-refractivity contribution in [2.45, 2.75) is 69.9 Å². The number of hydrogen-bond acceptors (Lipinski definition) is 10. The first kappa shape index (κ1) is 43.4. The molecular weight excluding hydrogens is 795 g/mol. The summed E-state index contributed by atoms with van der Waals surface area (Å²) < 4.78 is 47.0. The van der Waals surface area contributed by atoms with Gasteiger partial charge in [-0.05, 0) is 68.7 Å². The van der Waals surface area contributed by atoms with E-state index in [0.717, 1.165) is 16.7 Å². The summed E-state index contributed by atoms with van der Waals surface area (Å²) in [6.07, 6.45) is -1.06. The highest BCUT2D eigenvalue weighted by atomic mass is 31.2. The molecule has 0 saturated carbocycles. The Morgan fingerprint density at radius 1 is 0.885 bits per heavy atom. The van der Waals surface area contributed by atoms with Gasteiger partial charge in [0.05, 0.1) is 31.6 Å². The minimum Gasteiger partial charge on any atom is -0.497 e. The van der Waals surface area contributed by atoms with E-state index in [1.807, 2.05) is 91.0 Å². The van der Waals surface area contributed by atoms with E-state index in [9.17, 15) is 4.79 Å². The van der Waals surface area contributed by atoms with Crippen LogP contribution in [0.3, 0.4) is 0 Å². The van der Waals surface area contributed by atoms with E-state index < -0.39 is 38.6 Å². The molecule has 1 aliphatic heterocycles. The number of fused-ring (bicyclic) bond motifs is 1. The molecule has 4 aromatic carbocycles. The zero-order valence-electron chi connectivity index (χ0n) is 34.8. The Morgan fingerprint density at radius 3 is 2.08 bits per heavy atom. The molecule has 15 heteroatoms. The quantitative estimate of drug-likeness (QED) is 0.0376. The zero-order valence-corrected chi connectivity index (χ0v) is 35.7. The van der Waals surface area contributed by atoms with Gasteiger partial charge in [0.2, 0.25) is 6.54 Å². The molecule has 0 spiro atoms. The fraction of sp³-hybridized carbons (Fsp3) is 0.326. The van der Waals surface area contributed by atoms with Crippen LogP contribution in [0.5, 0.6) is 5.75 Å². The lowest BCUT2D eigenvalue weighted by molar-refractivity contribution is -0.0352. The summed E-state index contributed by atoms with van der Waals surface area (Å²) in [6, 6.07) is 35.5. The molecular formula is C46H50FN8O5P. The van der Waals surface area contributed by atoms with Crippen molar-refractivity contribution in [1.82, 2.24) is 29.5 Å². The predicted molar refractivity (Wildman–Crippen MR) is 234 cm³/mol. The lowest BCUT2D eigenvalue weighted by atomic mass is 9.76. The number of hydrogen-bond donors (Lipinski definition) is 2. The number of carbonyl (C=O) groups excluding carboxylic acids is 1. The fourth-order valence-corrected chi connectivity index (χ4v) is 9.43. The van der Waals surface area contributed by atoms with Crippen molar-refractivity contribution in [3.05, 3.63) is 162 Å². The van der Waals surface area contributed by atoms with Gasteiger partial charge in [-0.2, -0.15) is 0 Å². The number of methoxy groups -OCH3 is 1. The van der Waals surface area contributed by atoms with Crippen molar-refractivity contribution >= 4 is 31.4 Å². The van der Waals surface area contributed by atoms with Gasteiger partial charge in [-0.3, -0.25) is 14.7 Å². The Balaban J connectivity index is 1.32. The normalized spacial score (nSPS) is 18.4. The monoisotopic (exact) mass is 844 g/mol. The van der Waals surface area contributed by atoms with Gasteiger partial charge in [0.1, 0.15) is 24.8 Å². The molecule has 13 nitrogen and oxygen atoms in total. The van der Waals surface area contributed by atoms with Crippen LogP contribution in [0.15, 0.2) is 128 Å². The lowest BCUT2D eigenvalue weighted by Gasteiger charge is -2.41. The SMILES string of the molecule is [C-]#[N+]CCOP(OC[C@H]1O[C@@H](n2cnc3c(NC(=O)c4ccccc4)ncnc32)[C@H](F)[C@@H]1NC(c1ccccc1)(c1ccccc1)c1ccc(OC)cc1)N(C(C)C)C(C)C. The topological polar surface area (TPSA) is 129 Å². The number of rotatable bonds is 18. The van der Waals surface area contributed by atoms with Crippen LogP contribution >= 0.6 is 8.53 Å². The number of amides is 1. The minimum atomic E-state index is -1.70. The number of halogens is 1. The summed E-state index contributed by atoms with van der Waals surface area (Å²) in [5.41, 5.74) is 2.47. The number of carbonyl (C=O) groups is 1. The molecule has 3 heterocycles. The molecule has 1 amide bonds. The molecule has 2 aromatic heterocycles. The van der Waals surface area contributed by atoms with Gasteiger partial charge in [0.15, 0.2) is 29.4 Å². The second-order valence-electron chi connectivity index (χ2n) is 15.1. The molecule has 2 N–H and O–H groups in total. The molecule has 1 fully saturated rings. The van der Waals surface area contributed by atoms with Crippen LogP contribution < -0.4 is 15.4 Å². The maximum Gasteiger partial charge on any atom is 0.259 e. The molecule has 1 aliphatic rings. The maximum atomic E-state index is 18.0. The third kappa shape index (κ3) is 9.33. The van der Waals surface area contributed by atoms with Crippen molar-refractivity contribution in [3.63, 3.8) is 0 Å². The molecule has 1 saturated heterocycles. The van der Waals surface area contributed by atoms with Crippen LogP contribution in [0.4, 0.5) is 10.2 Å². The molecule has 1 unspecified atom stereocenters. The summed E-state index contributed by atoms with van der Waals surface area (Å²) in [5.74, 6) is 0.482. The Kier molecular flexibility index (Phi) is 14.1. The van der Waals surface area contributed by atoms with Gasteiger partial charge in [0, 0.05) is 17.6 Å². The van der Waals surface area contributed by atoms with Gasteiger partial charge >= 0.3 is 0 Å². The number of ether oxygens (including phenoxy) is 2. The second-order valence-corrected chi connectivity index (χ2v) is 16.5. The highest BCUT2D eigenvalue weighted by Gasteiger charge is 2.51. The van der Waals surface area contributed by atoms with Gasteiger partial charge in [-0.1, -0.05) is 91.0 Å². The number of nitrogens with zero attached hydrogens (tertiary/aromatic N) is 6. The third-order valence-corrected chi connectivity index (χ3v) is 12.6. The van der Waals surface area contributed by atoms with E-state index >= 15 is 4.39 Å². The number of nitrogens with one attached hydrogen (secondary N) is 2. The van der Waals surface area contributed by atoms with Crippen molar-refractivity contribution in [2.75, 3.05) is 32.2 Å². The van der Waals surface area contributed by atoms with E-state index in [-0.39, 0.29) is 54.7 Å². The Bertz CT molecular complexity index is 2340. The summed E-state index contributed by atoms with van der Waals surface area (Å²) in [7, 11) is -0.0691. The molecule has 316 valence electrons. The van der Waals surface area contributed by atoms with Crippen LogP contribution in [0.2, 0.25) is 0 Å². The first-order chi connectivity index (χ1) is 29.7. The van der Waals surface area contributed by atoms with E-state index in [1.165, 1.54) is 17.2 Å². The highest BCUT2D eigenvalue weighted by molar-refractivity contribution is 7.44. The van der Waals surface area contributed by atoms with Gasteiger partial charge < -0.3 is 28.7 Å². The van der Waals surface area contributed by atoms with Gasteiger partial charge in [-0.25, -0.2) is 30.6 Å². The first-order valence-corrected chi connectivity index (χ1v) is 21.3. The summed E-state index contributed by atoms with van der Waals surface area (Å²) in [5, 5.41) is 6.66. The minimum absolute atomic E-state index is 0.0478. The molecule has 61 heavy (non-hydrogen) atoms. The smallest absolute Gasteiger partial charge is 0.259 e. The number of alkyl halides is 1. The Morgan fingerprint density at radius 2 is 1.49 bits per heavy atom. The largest absolute Gasteiger partial charge is 0.497 e. The van der Waals surface area contributed by atoms with Gasteiger partial charge in [-0.15, -0.1) is 0 Å².